The van der Waals surface area contributed by atoms with Gasteiger partial charge in [0.2, 0.25) is 0 Å². The molecule has 0 spiro atoms. The summed E-state index contributed by atoms with van der Waals surface area (Å²) in [6.45, 7) is 7.63. The number of hydrogen-bond donors (Lipinski definition) is 3. The quantitative estimate of drug-likeness (QED) is 0.623. The summed E-state index contributed by atoms with van der Waals surface area (Å²) in [5.41, 5.74) is 1.21. The van der Waals surface area contributed by atoms with Crippen LogP contribution >= 0.6 is 0 Å². The van der Waals surface area contributed by atoms with Gasteiger partial charge in [-0.3, -0.25) is 4.90 Å². The molecule has 5 atom stereocenters. The number of aliphatic hydroxyl groups excluding tert-OH is 1. The summed E-state index contributed by atoms with van der Waals surface area (Å²) in [6.07, 6.45) is 0.0508. The number of carbonyl (C=O) groups excluding carboxylic acids is 1. The van der Waals surface area contributed by atoms with Crippen LogP contribution in [0.1, 0.15) is 0 Å². The van der Waals surface area contributed by atoms with Gasteiger partial charge in [-0.05, 0) is 12.1 Å². The first kappa shape index (κ1) is 19.2. The number of para-hydroxylation sites is 1. The lowest BCUT2D eigenvalue weighted by Gasteiger charge is -2.46. The van der Waals surface area contributed by atoms with Gasteiger partial charge >= 0.3 is 6.03 Å². The lowest BCUT2D eigenvalue weighted by Crippen LogP contribution is -2.67. The van der Waals surface area contributed by atoms with E-state index >= 15 is 0 Å². The summed E-state index contributed by atoms with van der Waals surface area (Å²) in [4.78, 5) is 16.6. The molecule has 3 fully saturated rings. The summed E-state index contributed by atoms with van der Waals surface area (Å²) >= 11 is 0. The molecule has 8 nitrogen and oxygen atoms in total. The minimum Gasteiger partial charge on any atom is -0.389 e. The van der Waals surface area contributed by atoms with Crippen LogP contribution in [0.25, 0.3) is 0 Å². The van der Waals surface area contributed by atoms with Crippen molar-refractivity contribution in [2.45, 2.75) is 30.6 Å². The van der Waals surface area contributed by atoms with Gasteiger partial charge in [-0.2, -0.15) is 0 Å². The molecular weight excluding hydrogens is 360 g/mol. The minimum atomic E-state index is -0.760. The van der Waals surface area contributed by atoms with E-state index < -0.39 is 18.4 Å². The molecule has 0 saturated carbocycles. The van der Waals surface area contributed by atoms with E-state index in [0.29, 0.717) is 13.2 Å². The van der Waals surface area contributed by atoms with Crippen molar-refractivity contribution in [3.63, 3.8) is 0 Å². The average molecular weight is 388 g/mol. The summed E-state index contributed by atoms with van der Waals surface area (Å²) < 4.78 is 11.8. The van der Waals surface area contributed by atoms with Crippen LogP contribution in [0.4, 0.5) is 10.5 Å². The predicted molar refractivity (Wildman–Crippen MR) is 105 cm³/mol. The monoisotopic (exact) mass is 388 g/mol. The first-order valence-electron chi connectivity index (χ1n) is 9.82. The maximum Gasteiger partial charge on any atom is 0.315 e. The van der Waals surface area contributed by atoms with Gasteiger partial charge in [0.15, 0.2) is 6.29 Å². The van der Waals surface area contributed by atoms with Crippen molar-refractivity contribution < 1.29 is 19.4 Å². The zero-order valence-corrected chi connectivity index (χ0v) is 15.9. The highest BCUT2D eigenvalue weighted by Crippen LogP contribution is 2.32. The third-order valence-electron chi connectivity index (χ3n) is 5.69. The Morgan fingerprint density at radius 2 is 2.00 bits per heavy atom. The van der Waals surface area contributed by atoms with E-state index in [9.17, 15) is 9.90 Å². The zero-order valence-electron chi connectivity index (χ0n) is 15.9. The Kier molecular flexibility index (Phi) is 5.82. The number of piperazine rings is 1. The Hall–Kier alpha value is -2.13. The molecule has 0 aromatic heterocycles. The molecule has 4 rings (SSSR count). The van der Waals surface area contributed by atoms with Crippen molar-refractivity contribution in [3.8, 4) is 0 Å². The molecule has 8 heteroatoms. The second-order valence-corrected chi connectivity index (χ2v) is 7.38. The number of urea groups is 1. The van der Waals surface area contributed by atoms with E-state index in [1.165, 1.54) is 5.69 Å². The molecule has 2 amide bonds. The molecular formula is C20H28N4O4. The Morgan fingerprint density at radius 3 is 2.71 bits per heavy atom. The van der Waals surface area contributed by atoms with Crippen LogP contribution in [0.3, 0.4) is 0 Å². The summed E-state index contributed by atoms with van der Waals surface area (Å²) in [6, 6.07) is 9.16. The van der Waals surface area contributed by atoms with Gasteiger partial charge in [0, 0.05) is 38.4 Å². The number of hydrogen-bond acceptors (Lipinski definition) is 6. The average Bonchev–Trinajstić information content (AvgIpc) is 3.16. The van der Waals surface area contributed by atoms with E-state index in [-0.39, 0.29) is 18.2 Å². The van der Waals surface area contributed by atoms with Gasteiger partial charge in [-0.25, -0.2) is 4.79 Å². The largest absolute Gasteiger partial charge is 0.389 e. The number of aliphatic hydroxyl groups is 1. The Balaban J connectivity index is 1.40. The number of carbonyl (C=O) groups is 1. The molecule has 3 N–H and O–H groups in total. The third kappa shape index (κ3) is 3.86. The van der Waals surface area contributed by atoms with Gasteiger partial charge in [0.25, 0.3) is 0 Å². The number of anilines is 1. The second kappa shape index (κ2) is 8.48. The Morgan fingerprint density at radius 1 is 1.25 bits per heavy atom. The molecule has 3 heterocycles. The molecule has 28 heavy (non-hydrogen) atoms. The number of nitrogens with zero attached hydrogens (tertiary/aromatic N) is 2. The maximum atomic E-state index is 12.1. The van der Waals surface area contributed by atoms with Crippen molar-refractivity contribution in [1.29, 1.82) is 0 Å². The van der Waals surface area contributed by atoms with Gasteiger partial charge in [0.1, 0.15) is 6.10 Å². The van der Waals surface area contributed by atoms with Crippen LogP contribution < -0.4 is 15.5 Å². The van der Waals surface area contributed by atoms with Gasteiger partial charge < -0.3 is 30.1 Å². The molecule has 0 unspecified atom stereocenters. The minimum absolute atomic E-state index is 0.304. The van der Waals surface area contributed by atoms with Crippen molar-refractivity contribution in [3.05, 3.63) is 43.0 Å². The fourth-order valence-electron chi connectivity index (χ4n) is 4.25. The summed E-state index contributed by atoms with van der Waals surface area (Å²) in [5, 5.41) is 16.6. The molecule has 152 valence electrons. The van der Waals surface area contributed by atoms with Crippen molar-refractivity contribution in [1.82, 2.24) is 15.5 Å². The number of ether oxygens (including phenoxy) is 2. The number of rotatable bonds is 5. The van der Waals surface area contributed by atoms with E-state index in [2.05, 4.69) is 39.1 Å². The van der Waals surface area contributed by atoms with Crippen molar-refractivity contribution in [2.75, 3.05) is 44.2 Å². The lowest BCUT2D eigenvalue weighted by molar-refractivity contribution is -0.181. The first-order chi connectivity index (χ1) is 13.7. The number of benzene rings is 1. The number of fused-ring (bicyclic) bond motifs is 2. The van der Waals surface area contributed by atoms with Crippen LogP contribution in [-0.4, -0.2) is 85.9 Å². The van der Waals surface area contributed by atoms with E-state index in [1.54, 1.807) is 6.08 Å². The van der Waals surface area contributed by atoms with E-state index in [1.807, 2.05) is 18.2 Å². The standard InChI is InChI=1S/C20H28N4O4/c1-2-8-21-20(26)22-16-15-13-27-19(28-15)17(18(16)25)24-11-9-23(10-12-24)14-6-4-3-5-7-14/h2-7,15-19,25H,1,8-13H2,(H2,21,22,26)/t15-,16-,17-,18+,19-/m1/s1. The van der Waals surface area contributed by atoms with Crippen molar-refractivity contribution in [2.24, 2.45) is 0 Å². The molecule has 3 aliphatic rings. The molecule has 0 aliphatic carbocycles. The van der Waals surface area contributed by atoms with Gasteiger partial charge in [0.05, 0.1) is 24.8 Å². The Labute approximate surface area is 165 Å². The molecule has 2 bridgehead atoms. The molecule has 3 saturated heterocycles. The molecule has 0 radical (unpaired) electrons. The fraction of sp³-hybridized carbons (Fsp3) is 0.550. The van der Waals surface area contributed by atoms with Gasteiger partial charge in [-0.1, -0.05) is 24.3 Å². The highest BCUT2D eigenvalue weighted by Gasteiger charge is 2.52. The SMILES string of the molecule is C=CCNC(=O)N[C@H]1[C@H](O)[C@@H](N2CCN(c3ccccc3)CC2)[C@@H]2OC[C@H]1O2. The first-order valence-corrected chi connectivity index (χ1v) is 9.82. The normalized spacial score (nSPS) is 32.8. The van der Waals surface area contributed by atoms with Crippen LogP contribution in [0.2, 0.25) is 0 Å². The lowest BCUT2D eigenvalue weighted by atomic mass is 9.94. The predicted octanol–water partition coefficient (Wildman–Crippen LogP) is 0.147. The number of amides is 2. The highest BCUT2D eigenvalue weighted by molar-refractivity contribution is 5.74. The highest BCUT2D eigenvalue weighted by atomic mass is 16.7. The number of nitrogens with one attached hydrogen (secondary N) is 2. The smallest absolute Gasteiger partial charge is 0.315 e. The zero-order chi connectivity index (χ0) is 19.5. The summed E-state index contributed by atoms with van der Waals surface area (Å²) in [7, 11) is 0. The fourth-order valence-corrected chi connectivity index (χ4v) is 4.25. The van der Waals surface area contributed by atoms with Gasteiger partial charge in [-0.15, -0.1) is 6.58 Å². The second-order valence-electron chi connectivity index (χ2n) is 7.38. The summed E-state index contributed by atoms with van der Waals surface area (Å²) in [5.74, 6) is 0. The molecule has 3 aliphatic heterocycles. The van der Waals surface area contributed by atoms with E-state index in [4.69, 9.17) is 9.47 Å². The van der Waals surface area contributed by atoms with Crippen LogP contribution in [-0.2, 0) is 9.47 Å². The molecule has 1 aromatic rings. The van der Waals surface area contributed by atoms with Crippen LogP contribution in [0, 0.1) is 0 Å². The van der Waals surface area contributed by atoms with Crippen molar-refractivity contribution >= 4 is 11.7 Å². The third-order valence-corrected chi connectivity index (χ3v) is 5.69. The Bertz CT molecular complexity index is 680. The maximum absolute atomic E-state index is 12.1. The topological polar surface area (TPSA) is 86.3 Å². The molecule has 1 aromatic carbocycles. The van der Waals surface area contributed by atoms with E-state index in [0.717, 1.165) is 26.2 Å². The van der Waals surface area contributed by atoms with Crippen LogP contribution in [0.5, 0.6) is 0 Å². The van der Waals surface area contributed by atoms with Crippen LogP contribution in [0.15, 0.2) is 43.0 Å².